The van der Waals surface area contributed by atoms with Crippen LogP contribution in [0.2, 0.25) is 0 Å². The first-order valence-electron chi connectivity index (χ1n) is 3.56. The van der Waals surface area contributed by atoms with Crippen LogP contribution in [0.4, 0.5) is 0 Å². The molecule has 0 aliphatic carbocycles. The first-order valence-corrected chi connectivity index (χ1v) is 3.56. The van der Waals surface area contributed by atoms with Crippen molar-refractivity contribution in [2.45, 2.75) is 0 Å². The third-order valence-electron chi connectivity index (χ3n) is 1.86. The first-order chi connectivity index (χ1) is 5.68. The van der Waals surface area contributed by atoms with Crippen LogP contribution in [0.1, 0.15) is 0 Å². The van der Waals surface area contributed by atoms with E-state index in [1.165, 1.54) is 0 Å². The molecule has 5 nitrogen and oxygen atoms in total. The molecule has 12 heavy (non-hydrogen) atoms. The van der Waals surface area contributed by atoms with E-state index >= 15 is 0 Å². The van der Waals surface area contributed by atoms with Crippen LogP contribution in [0.3, 0.4) is 0 Å². The van der Waals surface area contributed by atoms with Gasteiger partial charge in [-0.05, 0) is 6.08 Å². The molecule has 1 atom stereocenters. The molecule has 0 bridgehead atoms. The summed E-state index contributed by atoms with van der Waals surface area (Å²) >= 11 is 0. The maximum Gasteiger partial charge on any atom is 0.263 e. The molecule has 1 unspecified atom stereocenters. The summed E-state index contributed by atoms with van der Waals surface area (Å²) in [6.45, 7) is 0. The molecule has 62 valence electrons. The van der Waals surface area contributed by atoms with Crippen LogP contribution in [0, 0.1) is 5.92 Å². The van der Waals surface area contributed by atoms with Gasteiger partial charge in [-0.2, -0.15) is 9.98 Å². The van der Waals surface area contributed by atoms with Gasteiger partial charge >= 0.3 is 0 Å². The Morgan fingerprint density at radius 3 is 3.08 bits per heavy atom. The van der Waals surface area contributed by atoms with Crippen molar-refractivity contribution in [2.75, 3.05) is 7.05 Å². The minimum absolute atomic E-state index is 0.0433. The Kier molecular flexibility index (Phi) is 1.27. The Hall–Kier alpha value is -1.65. The average Bonchev–Trinajstić information content (AvgIpc) is 2.33. The topological polar surface area (TPSA) is 71.0 Å². The van der Waals surface area contributed by atoms with E-state index in [1.807, 2.05) is 7.05 Å². The lowest BCUT2D eigenvalue weighted by Crippen LogP contribution is -2.34. The second kappa shape index (κ2) is 2.17. The Morgan fingerprint density at radius 2 is 2.33 bits per heavy atom. The van der Waals surface area contributed by atoms with Gasteiger partial charge in [-0.3, -0.25) is 4.79 Å². The van der Waals surface area contributed by atoms with Crippen LogP contribution in [0.25, 0.3) is 0 Å². The molecule has 2 rings (SSSR count). The Balaban J connectivity index is 2.43. The number of fused-ring (bicyclic) bond motifs is 1. The SMILES string of the molecule is CN1C=CC2C(=O)N=C(N)N=C21. The van der Waals surface area contributed by atoms with Crippen molar-refractivity contribution in [3.8, 4) is 0 Å². The van der Waals surface area contributed by atoms with E-state index in [-0.39, 0.29) is 17.8 Å². The molecule has 2 N–H and O–H groups in total. The van der Waals surface area contributed by atoms with Gasteiger partial charge in [0.1, 0.15) is 11.8 Å². The van der Waals surface area contributed by atoms with Crippen molar-refractivity contribution in [2.24, 2.45) is 21.6 Å². The minimum atomic E-state index is -0.317. The molecule has 0 saturated carbocycles. The van der Waals surface area contributed by atoms with Crippen LogP contribution in [-0.4, -0.2) is 29.6 Å². The maximum absolute atomic E-state index is 11.2. The zero-order valence-electron chi connectivity index (χ0n) is 6.56. The summed E-state index contributed by atoms with van der Waals surface area (Å²) in [4.78, 5) is 20.5. The van der Waals surface area contributed by atoms with Gasteiger partial charge in [0, 0.05) is 13.2 Å². The molecule has 0 spiro atoms. The number of hydrogen-bond donors (Lipinski definition) is 1. The van der Waals surface area contributed by atoms with E-state index in [4.69, 9.17) is 5.73 Å². The molecule has 0 aromatic carbocycles. The van der Waals surface area contributed by atoms with Gasteiger partial charge in [-0.25, -0.2) is 0 Å². The predicted octanol–water partition coefficient (Wildman–Crippen LogP) is -0.685. The van der Waals surface area contributed by atoms with Crippen molar-refractivity contribution in [3.63, 3.8) is 0 Å². The monoisotopic (exact) mass is 164 g/mol. The van der Waals surface area contributed by atoms with Gasteiger partial charge in [0.2, 0.25) is 5.96 Å². The zero-order valence-corrected chi connectivity index (χ0v) is 6.56. The fraction of sp³-hybridized carbons (Fsp3) is 0.286. The molecule has 5 heteroatoms. The van der Waals surface area contributed by atoms with Crippen LogP contribution in [-0.2, 0) is 4.79 Å². The highest BCUT2D eigenvalue weighted by molar-refractivity contribution is 6.16. The highest BCUT2D eigenvalue weighted by Crippen LogP contribution is 2.18. The molecule has 2 aliphatic heterocycles. The molecule has 0 radical (unpaired) electrons. The van der Waals surface area contributed by atoms with E-state index < -0.39 is 0 Å². The molecule has 1 amide bonds. The average molecular weight is 164 g/mol. The quantitative estimate of drug-likeness (QED) is 0.515. The summed E-state index contributed by atoms with van der Waals surface area (Å²) in [5, 5.41) is 0. The van der Waals surface area contributed by atoms with Gasteiger partial charge in [0.05, 0.1) is 0 Å². The standard InChI is InChI=1S/C7H8N4O/c1-11-3-2-4-5(11)9-7(8)10-6(4)12/h2-4H,1H3,(H2,8,10,12). The van der Waals surface area contributed by atoms with Gasteiger partial charge in [0.15, 0.2) is 0 Å². The number of amides is 1. The normalized spacial score (nSPS) is 26.9. The summed E-state index contributed by atoms with van der Waals surface area (Å²) in [6, 6.07) is 0. The van der Waals surface area contributed by atoms with Crippen molar-refractivity contribution in [1.29, 1.82) is 0 Å². The number of guanidine groups is 1. The smallest absolute Gasteiger partial charge is 0.263 e. The number of hydrogen-bond acceptors (Lipinski definition) is 4. The number of nitrogens with zero attached hydrogens (tertiary/aromatic N) is 3. The summed E-state index contributed by atoms with van der Waals surface area (Å²) in [6.07, 6.45) is 3.55. The fourth-order valence-electron chi connectivity index (χ4n) is 1.26. The van der Waals surface area contributed by atoms with Gasteiger partial charge in [-0.15, -0.1) is 0 Å². The highest BCUT2D eigenvalue weighted by atomic mass is 16.1. The molecule has 2 heterocycles. The van der Waals surface area contributed by atoms with E-state index in [0.717, 1.165) is 0 Å². The van der Waals surface area contributed by atoms with E-state index in [9.17, 15) is 4.79 Å². The number of carbonyl (C=O) groups excluding carboxylic acids is 1. The number of aliphatic imine (C=N–C) groups is 2. The molecule has 0 aromatic rings. The second-order valence-corrected chi connectivity index (χ2v) is 2.71. The van der Waals surface area contributed by atoms with Crippen molar-refractivity contribution in [3.05, 3.63) is 12.3 Å². The Bertz CT molecular complexity index is 328. The number of nitrogens with two attached hydrogens (primary N) is 1. The number of carbonyl (C=O) groups is 1. The lowest BCUT2D eigenvalue weighted by molar-refractivity contribution is -0.118. The first kappa shape index (κ1) is 7.02. The van der Waals surface area contributed by atoms with Crippen molar-refractivity contribution < 1.29 is 4.79 Å². The van der Waals surface area contributed by atoms with E-state index in [1.54, 1.807) is 17.2 Å². The second-order valence-electron chi connectivity index (χ2n) is 2.71. The lowest BCUT2D eigenvalue weighted by Gasteiger charge is -2.16. The van der Waals surface area contributed by atoms with Crippen LogP contribution >= 0.6 is 0 Å². The molecule has 2 aliphatic rings. The van der Waals surface area contributed by atoms with Gasteiger partial charge in [0.25, 0.3) is 5.91 Å². The molecular formula is C7H8N4O. The van der Waals surface area contributed by atoms with Crippen LogP contribution in [0.15, 0.2) is 22.3 Å². The van der Waals surface area contributed by atoms with Crippen molar-refractivity contribution in [1.82, 2.24) is 4.90 Å². The third-order valence-corrected chi connectivity index (χ3v) is 1.86. The van der Waals surface area contributed by atoms with Gasteiger partial charge < -0.3 is 10.6 Å². The third kappa shape index (κ3) is 0.827. The highest BCUT2D eigenvalue weighted by Gasteiger charge is 2.31. The van der Waals surface area contributed by atoms with Gasteiger partial charge in [-0.1, -0.05) is 0 Å². The summed E-state index contributed by atoms with van der Waals surface area (Å²) < 4.78 is 0. The van der Waals surface area contributed by atoms with E-state index in [0.29, 0.717) is 5.84 Å². The summed E-state index contributed by atoms with van der Waals surface area (Å²) in [7, 11) is 1.82. The largest absolute Gasteiger partial charge is 0.368 e. The molecular weight excluding hydrogens is 156 g/mol. The number of amidine groups is 1. The lowest BCUT2D eigenvalue weighted by atomic mass is 10.1. The Labute approximate surface area is 69.3 Å². The van der Waals surface area contributed by atoms with Crippen LogP contribution in [0.5, 0.6) is 0 Å². The molecule has 0 fully saturated rings. The predicted molar refractivity (Wildman–Crippen MR) is 44.5 cm³/mol. The minimum Gasteiger partial charge on any atom is -0.368 e. The Morgan fingerprint density at radius 1 is 1.58 bits per heavy atom. The maximum atomic E-state index is 11.2. The summed E-state index contributed by atoms with van der Waals surface area (Å²) in [5.74, 6) is 0.148. The van der Waals surface area contributed by atoms with Crippen LogP contribution < -0.4 is 5.73 Å². The summed E-state index contributed by atoms with van der Waals surface area (Å²) in [5.41, 5.74) is 5.33. The zero-order chi connectivity index (χ0) is 8.72. The van der Waals surface area contributed by atoms with E-state index in [2.05, 4.69) is 9.98 Å². The molecule has 0 aromatic heterocycles. The number of rotatable bonds is 0. The fourth-order valence-corrected chi connectivity index (χ4v) is 1.26. The van der Waals surface area contributed by atoms with Crippen molar-refractivity contribution >= 4 is 17.7 Å². The molecule has 0 saturated heterocycles.